The van der Waals surface area contributed by atoms with Crippen molar-refractivity contribution in [3.05, 3.63) is 41.5 Å². The van der Waals surface area contributed by atoms with Gasteiger partial charge < -0.3 is 9.94 Å². The molecule has 2 aromatic rings. The zero-order chi connectivity index (χ0) is 14.7. The monoisotopic (exact) mass is 286 g/mol. The van der Waals surface area contributed by atoms with E-state index in [4.69, 9.17) is 9.94 Å². The molecule has 0 saturated heterocycles. The highest BCUT2D eigenvalue weighted by molar-refractivity contribution is 6.02. The van der Waals surface area contributed by atoms with E-state index >= 15 is 0 Å². The van der Waals surface area contributed by atoms with Crippen LogP contribution in [0.25, 0.3) is 0 Å². The third-order valence-electron chi connectivity index (χ3n) is 3.74. The Kier molecular flexibility index (Phi) is 3.85. The number of ether oxygens (including phenoxy) is 1. The predicted molar refractivity (Wildman–Crippen MR) is 77.7 cm³/mol. The average molecular weight is 286 g/mol. The Morgan fingerprint density at radius 2 is 2.29 bits per heavy atom. The van der Waals surface area contributed by atoms with Crippen LogP contribution in [0.2, 0.25) is 0 Å². The standard InChI is InChI=1S/C15H18N4O2/c1-2-19-15(16-10-17-19)9-21-12-7-6-11-4-3-5-14(18-20)13(11)8-12/h6-8,10,20H,2-5,9H2,1H3/b18-14-. The zero-order valence-corrected chi connectivity index (χ0v) is 12.0. The van der Waals surface area contributed by atoms with E-state index in [0.717, 1.165) is 48.7 Å². The van der Waals surface area contributed by atoms with E-state index in [1.54, 1.807) is 4.68 Å². The maximum atomic E-state index is 9.10. The van der Waals surface area contributed by atoms with Crippen molar-refractivity contribution in [1.82, 2.24) is 14.8 Å². The van der Waals surface area contributed by atoms with Crippen molar-refractivity contribution in [3.8, 4) is 5.75 Å². The summed E-state index contributed by atoms with van der Waals surface area (Å²) in [7, 11) is 0. The Morgan fingerprint density at radius 3 is 3.10 bits per heavy atom. The summed E-state index contributed by atoms with van der Waals surface area (Å²) in [6.07, 6.45) is 4.37. The lowest BCUT2D eigenvalue weighted by molar-refractivity contribution is 0.287. The number of hydrogen-bond donors (Lipinski definition) is 1. The Hall–Kier alpha value is -2.37. The van der Waals surface area contributed by atoms with Gasteiger partial charge in [0, 0.05) is 12.1 Å². The van der Waals surface area contributed by atoms with Gasteiger partial charge in [-0.1, -0.05) is 11.2 Å². The van der Waals surface area contributed by atoms with Gasteiger partial charge in [0.05, 0.1) is 5.71 Å². The molecule has 0 radical (unpaired) electrons. The molecule has 21 heavy (non-hydrogen) atoms. The number of aromatic nitrogens is 3. The van der Waals surface area contributed by atoms with Gasteiger partial charge in [-0.2, -0.15) is 5.10 Å². The number of benzene rings is 1. The van der Waals surface area contributed by atoms with E-state index in [1.807, 2.05) is 25.1 Å². The Labute approximate surface area is 123 Å². The number of rotatable bonds is 4. The molecule has 0 bridgehead atoms. The minimum absolute atomic E-state index is 0.373. The van der Waals surface area contributed by atoms with Gasteiger partial charge in [0.1, 0.15) is 18.7 Å². The normalized spacial score (nSPS) is 16.0. The molecule has 1 heterocycles. The number of hydrogen-bond acceptors (Lipinski definition) is 5. The molecule has 0 saturated carbocycles. The van der Waals surface area contributed by atoms with Gasteiger partial charge in [-0.05, 0) is 43.9 Å². The summed E-state index contributed by atoms with van der Waals surface area (Å²) in [5, 5.41) is 16.6. The Balaban J connectivity index is 1.78. The lowest BCUT2D eigenvalue weighted by atomic mass is 9.90. The second-order valence-corrected chi connectivity index (χ2v) is 5.00. The molecule has 1 N–H and O–H groups in total. The van der Waals surface area contributed by atoms with Crippen LogP contribution in [0.3, 0.4) is 0 Å². The first kappa shape index (κ1) is 13.6. The predicted octanol–water partition coefficient (Wildman–Crippen LogP) is 2.39. The molecule has 0 spiro atoms. The van der Waals surface area contributed by atoms with Crippen LogP contribution < -0.4 is 4.74 Å². The maximum Gasteiger partial charge on any atom is 0.164 e. The van der Waals surface area contributed by atoms with Crippen LogP contribution in [0.1, 0.15) is 36.7 Å². The van der Waals surface area contributed by atoms with Gasteiger partial charge in [-0.25, -0.2) is 9.67 Å². The van der Waals surface area contributed by atoms with E-state index in [1.165, 1.54) is 11.9 Å². The van der Waals surface area contributed by atoms with Crippen molar-refractivity contribution in [2.24, 2.45) is 5.16 Å². The molecular weight excluding hydrogens is 268 g/mol. The fraction of sp³-hybridized carbons (Fsp3) is 0.400. The van der Waals surface area contributed by atoms with Crippen molar-refractivity contribution in [3.63, 3.8) is 0 Å². The summed E-state index contributed by atoms with van der Waals surface area (Å²) in [5.74, 6) is 1.55. The average Bonchev–Trinajstić information content (AvgIpc) is 2.99. The lowest BCUT2D eigenvalue weighted by Gasteiger charge is -2.17. The third kappa shape index (κ3) is 2.74. The number of aryl methyl sites for hydroxylation is 2. The molecule has 3 rings (SSSR count). The number of oxime groups is 1. The van der Waals surface area contributed by atoms with E-state index in [0.29, 0.717) is 6.61 Å². The van der Waals surface area contributed by atoms with Crippen LogP contribution in [-0.4, -0.2) is 25.7 Å². The van der Waals surface area contributed by atoms with Gasteiger partial charge in [0.25, 0.3) is 0 Å². The van der Waals surface area contributed by atoms with Crippen molar-refractivity contribution in [2.45, 2.75) is 39.3 Å². The van der Waals surface area contributed by atoms with Crippen LogP contribution in [0.15, 0.2) is 29.7 Å². The van der Waals surface area contributed by atoms with Gasteiger partial charge in [-0.15, -0.1) is 0 Å². The molecule has 0 aliphatic heterocycles. The number of nitrogens with zero attached hydrogens (tertiary/aromatic N) is 4. The van der Waals surface area contributed by atoms with E-state index < -0.39 is 0 Å². The molecular formula is C15H18N4O2. The molecule has 0 unspecified atom stereocenters. The molecule has 1 aromatic carbocycles. The highest BCUT2D eigenvalue weighted by Crippen LogP contribution is 2.26. The summed E-state index contributed by atoms with van der Waals surface area (Å²) in [5.41, 5.74) is 2.93. The van der Waals surface area contributed by atoms with Crippen LogP contribution in [0, 0.1) is 0 Å². The summed E-state index contributed by atoms with van der Waals surface area (Å²) in [6, 6.07) is 5.93. The summed E-state index contributed by atoms with van der Waals surface area (Å²) < 4.78 is 7.60. The molecule has 0 amide bonds. The lowest BCUT2D eigenvalue weighted by Crippen LogP contribution is -2.12. The molecule has 1 aliphatic rings. The van der Waals surface area contributed by atoms with Crippen molar-refractivity contribution < 1.29 is 9.94 Å². The van der Waals surface area contributed by atoms with Crippen molar-refractivity contribution in [2.75, 3.05) is 0 Å². The van der Waals surface area contributed by atoms with Gasteiger partial charge in [0.2, 0.25) is 0 Å². The number of fused-ring (bicyclic) bond motifs is 1. The largest absolute Gasteiger partial charge is 0.486 e. The topological polar surface area (TPSA) is 72.5 Å². The van der Waals surface area contributed by atoms with E-state index in [-0.39, 0.29) is 0 Å². The summed E-state index contributed by atoms with van der Waals surface area (Å²) in [6.45, 7) is 3.16. The first-order valence-electron chi connectivity index (χ1n) is 7.15. The molecule has 0 fully saturated rings. The van der Waals surface area contributed by atoms with Crippen molar-refractivity contribution in [1.29, 1.82) is 0 Å². The first-order valence-corrected chi connectivity index (χ1v) is 7.15. The van der Waals surface area contributed by atoms with Crippen LogP contribution >= 0.6 is 0 Å². The molecule has 6 heteroatoms. The quantitative estimate of drug-likeness (QED) is 0.692. The summed E-state index contributed by atoms with van der Waals surface area (Å²) in [4.78, 5) is 4.18. The Morgan fingerprint density at radius 1 is 1.38 bits per heavy atom. The highest BCUT2D eigenvalue weighted by atomic mass is 16.5. The van der Waals surface area contributed by atoms with E-state index in [2.05, 4.69) is 15.2 Å². The zero-order valence-electron chi connectivity index (χ0n) is 12.0. The fourth-order valence-corrected chi connectivity index (χ4v) is 2.63. The molecule has 110 valence electrons. The minimum Gasteiger partial charge on any atom is -0.486 e. The SMILES string of the molecule is CCn1ncnc1COc1ccc2c(c1)/C(=N\O)CCC2. The molecule has 1 aliphatic carbocycles. The van der Waals surface area contributed by atoms with Gasteiger partial charge >= 0.3 is 0 Å². The van der Waals surface area contributed by atoms with Gasteiger partial charge in [0.15, 0.2) is 5.82 Å². The molecule has 1 aromatic heterocycles. The first-order chi connectivity index (χ1) is 10.3. The minimum atomic E-state index is 0.373. The fourth-order valence-electron chi connectivity index (χ4n) is 2.63. The van der Waals surface area contributed by atoms with E-state index in [9.17, 15) is 0 Å². The third-order valence-corrected chi connectivity index (χ3v) is 3.74. The van der Waals surface area contributed by atoms with Crippen molar-refractivity contribution >= 4 is 5.71 Å². The molecule has 6 nitrogen and oxygen atoms in total. The van der Waals surface area contributed by atoms with Crippen LogP contribution in [-0.2, 0) is 19.6 Å². The van der Waals surface area contributed by atoms with Gasteiger partial charge in [-0.3, -0.25) is 0 Å². The van der Waals surface area contributed by atoms with Crippen LogP contribution in [0.5, 0.6) is 5.75 Å². The second-order valence-electron chi connectivity index (χ2n) is 5.00. The highest BCUT2D eigenvalue weighted by Gasteiger charge is 2.17. The summed E-state index contributed by atoms with van der Waals surface area (Å²) >= 11 is 0. The van der Waals surface area contributed by atoms with Crippen LogP contribution in [0.4, 0.5) is 0 Å². The maximum absolute atomic E-state index is 9.10. The smallest absolute Gasteiger partial charge is 0.164 e. The second kappa shape index (κ2) is 5.95. The Bertz CT molecular complexity index is 663. The molecule has 0 atom stereocenters.